The standard InChI is InChI=1S/C73H84ClN11O16S/c74-53-9-7-51(8-10-53)57-3-2-6-66(100-48-50-18-25-83(26-19-50)69(87)22-33-96-35-37-98-39-40-99-38-36-97-34-24-75-62-5-1-4-58-60(62)47-84(73(58)90)64-15-16-68(86)79-72(64)89)61(57)46-81-27-29-82(30-28-81)54-11-13-59(67(42-54)101-55-41-52-17-23-76-70(52)78-45-55)71(88)80-102(93,94)56-12-14-63(65(43-56)85(91)92)77-44-49-20-31-95-32-21-49/h1-14,17,23,41-43,45,49-50,64,75,77H,15-16,18-22,24-40,44,46-48H2,(H,76,78)(H,80,88)(H,79,86,89). The molecule has 102 heavy (non-hydrogen) atoms. The number of halogens is 1. The first-order valence-corrected chi connectivity index (χ1v) is 36.5. The average Bonchev–Trinajstić information content (AvgIpc) is 1.56. The number of ether oxygens (including phenoxy) is 7. The van der Waals surface area contributed by atoms with E-state index in [0.29, 0.717) is 153 Å². The Hall–Kier alpha value is -9.26. The van der Waals surface area contributed by atoms with E-state index in [1.165, 1.54) is 29.3 Å². The number of anilines is 3. The van der Waals surface area contributed by atoms with Gasteiger partial charge in [0.1, 0.15) is 34.6 Å². The molecule has 7 heterocycles. The molecule has 7 aromatic rings. The number of amides is 5. The highest BCUT2D eigenvalue weighted by atomic mass is 35.5. The van der Waals surface area contributed by atoms with E-state index in [-0.39, 0.29) is 72.6 Å². The number of pyridine rings is 1. The topological polar surface area (TPSA) is 317 Å². The summed E-state index contributed by atoms with van der Waals surface area (Å²) in [5.41, 5.74) is 6.20. The molecule has 5 amide bonds. The van der Waals surface area contributed by atoms with Gasteiger partial charge in [-0.25, -0.2) is 18.1 Å². The largest absolute Gasteiger partial charge is 0.493 e. The second-order valence-corrected chi connectivity index (χ2v) is 27.8. The summed E-state index contributed by atoms with van der Waals surface area (Å²) in [5, 5.41) is 22.4. The van der Waals surface area contributed by atoms with Gasteiger partial charge in [0.15, 0.2) is 0 Å². The van der Waals surface area contributed by atoms with Gasteiger partial charge >= 0.3 is 0 Å². The zero-order valence-corrected chi connectivity index (χ0v) is 58.2. The van der Waals surface area contributed by atoms with Gasteiger partial charge in [-0.1, -0.05) is 41.9 Å². The normalized spacial score (nSPS) is 17.0. The maximum absolute atomic E-state index is 14.2. The molecular weight excluding hydrogens is 1350 g/mol. The van der Waals surface area contributed by atoms with Crippen LogP contribution in [0.4, 0.5) is 22.7 Å². The number of rotatable bonds is 33. The number of fused-ring (bicyclic) bond motifs is 2. The highest BCUT2D eigenvalue weighted by Gasteiger charge is 2.40. The molecule has 5 aliphatic rings. The number of likely N-dealkylation sites (tertiary alicyclic amines) is 1. The molecule has 4 fully saturated rings. The second kappa shape index (κ2) is 34.6. The van der Waals surface area contributed by atoms with Gasteiger partial charge in [-0.2, -0.15) is 0 Å². The van der Waals surface area contributed by atoms with E-state index >= 15 is 0 Å². The Bertz CT molecular complexity index is 4240. The number of imide groups is 1. The number of nitro benzene ring substituents is 1. The molecule has 0 saturated carbocycles. The highest BCUT2D eigenvalue weighted by molar-refractivity contribution is 7.90. The summed E-state index contributed by atoms with van der Waals surface area (Å²) >= 11 is 6.38. The third-order valence-electron chi connectivity index (χ3n) is 19.0. The number of aromatic nitrogens is 2. The smallest absolute Gasteiger partial charge is 0.293 e. The van der Waals surface area contributed by atoms with E-state index in [0.717, 1.165) is 76.5 Å². The van der Waals surface area contributed by atoms with Gasteiger partial charge in [-0.3, -0.25) is 44.3 Å². The molecule has 0 spiro atoms. The van der Waals surface area contributed by atoms with Crippen LogP contribution in [0, 0.1) is 22.0 Å². The van der Waals surface area contributed by atoms with Crippen molar-refractivity contribution >= 4 is 84.9 Å². The molecule has 27 nitrogen and oxygen atoms in total. The van der Waals surface area contributed by atoms with Crippen molar-refractivity contribution in [3.8, 4) is 28.4 Å². The number of hydrogen-bond acceptors (Lipinski definition) is 21. The van der Waals surface area contributed by atoms with Gasteiger partial charge in [0.05, 0.1) is 87.5 Å². The quantitative estimate of drug-likeness (QED) is 0.0111. The van der Waals surface area contributed by atoms with E-state index < -0.39 is 43.4 Å². The highest BCUT2D eigenvalue weighted by Crippen LogP contribution is 2.38. The van der Waals surface area contributed by atoms with Gasteiger partial charge in [-0.05, 0) is 122 Å². The van der Waals surface area contributed by atoms with Crippen LogP contribution in [0.1, 0.15) is 76.8 Å². The number of benzene rings is 5. The van der Waals surface area contributed by atoms with Crippen LogP contribution in [0.3, 0.4) is 0 Å². The van der Waals surface area contributed by atoms with Gasteiger partial charge in [-0.15, -0.1) is 0 Å². The number of aromatic amines is 1. The van der Waals surface area contributed by atoms with Gasteiger partial charge < -0.3 is 63.5 Å². The van der Waals surface area contributed by atoms with E-state index in [1.54, 1.807) is 36.5 Å². The monoisotopic (exact) mass is 1440 g/mol. The molecule has 0 aliphatic carbocycles. The fourth-order valence-corrected chi connectivity index (χ4v) is 14.4. The summed E-state index contributed by atoms with van der Waals surface area (Å²) in [5.74, 6) is -0.306. The van der Waals surface area contributed by atoms with Crippen molar-refractivity contribution in [2.75, 3.05) is 141 Å². The minimum Gasteiger partial charge on any atom is -0.493 e. The van der Waals surface area contributed by atoms with E-state index in [1.807, 2.05) is 53.4 Å². The minimum atomic E-state index is -4.63. The van der Waals surface area contributed by atoms with Crippen LogP contribution < -0.4 is 35.0 Å². The number of nitrogens with zero attached hydrogens (tertiary/aromatic N) is 6. The minimum absolute atomic E-state index is 0.0495. The summed E-state index contributed by atoms with van der Waals surface area (Å²) in [6, 6.07) is 30.7. The molecule has 12 rings (SSSR count). The van der Waals surface area contributed by atoms with Crippen LogP contribution >= 0.6 is 11.6 Å². The number of nitrogens with one attached hydrogen (secondary N) is 5. The lowest BCUT2D eigenvalue weighted by Gasteiger charge is -2.37. The van der Waals surface area contributed by atoms with Crippen molar-refractivity contribution in [3.05, 3.63) is 159 Å². The van der Waals surface area contributed by atoms with Crippen LogP contribution in [0.2, 0.25) is 5.02 Å². The van der Waals surface area contributed by atoms with Crippen molar-refractivity contribution in [2.24, 2.45) is 11.8 Å². The SMILES string of the molecule is O=C1CCC(N2Cc3c(NCCOCCOCCOCCOCCC(=O)N4CCC(COc5cccc(-c6ccc(Cl)cc6)c5CN5CCN(c6ccc(C(=O)NS(=O)(=O)c7ccc(NCC8CCOCC8)c([N+](=O)[O-])c7)c(Oc7cnc8[nH]ccc8c7)c6)CC5)CC4)cccc3C2=O)C(=O)N1. The predicted molar refractivity (Wildman–Crippen MR) is 380 cm³/mol. The molecule has 1 atom stereocenters. The number of sulfonamides is 1. The van der Waals surface area contributed by atoms with Crippen LogP contribution in [0.15, 0.2) is 126 Å². The Morgan fingerprint density at radius 2 is 1.46 bits per heavy atom. The van der Waals surface area contributed by atoms with Crippen LogP contribution in [0.5, 0.6) is 17.2 Å². The zero-order chi connectivity index (χ0) is 71.0. The van der Waals surface area contributed by atoms with Crippen molar-refractivity contribution in [3.63, 3.8) is 0 Å². The molecule has 5 aliphatic heterocycles. The summed E-state index contributed by atoms with van der Waals surface area (Å²) in [7, 11) is -4.63. The fourth-order valence-electron chi connectivity index (χ4n) is 13.3. The summed E-state index contributed by atoms with van der Waals surface area (Å²) in [6.45, 7) is 10.2. The zero-order valence-electron chi connectivity index (χ0n) is 56.6. The van der Waals surface area contributed by atoms with E-state index in [9.17, 15) is 42.5 Å². The summed E-state index contributed by atoms with van der Waals surface area (Å²) in [4.78, 5) is 91.3. The molecule has 5 N–H and O–H groups in total. The van der Waals surface area contributed by atoms with Gasteiger partial charge in [0, 0.05) is 142 Å². The summed E-state index contributed by atoms with van der Waals surface area (Å²) < 4.78 is 71.3. The number of carbonyl (C=O) groups excluding carboxylic acids is 5. The van der Waals surface area contributed by atoms with Gasteiger partial charge in [0.25, 0.3) is 27.5 Å². The molecule has 540 valence electrons. The number of hydrogen-bond donors (Lipinski definition) is 5. The second-order valence-electron chi connectivity index (χ2n) is 25.7. The van der Waals surface area contributed by atoms with Crippen molar-refractivity contribution in [1.29, 1.82) is 0 Å². The first kappa shape index (κ1) is 72.5. The lowest BCUT2D eigenvalue weighted by molar-refractivity contribution is -0.384. The Morgan fingerprint density at radius 1 is 0.735 bits per heavy atom. The molecule has 1 unspecified atom stereocenters. The molecule has 4 saturated heterocycles. The maximum Gasteiger partial charge on any atom is 0.293 e. The van der Waals surface area contributed by atoms with Crippen LogP contribution in [-0.2, 0) is 61.2 Å². The fraction of sp³-hybridized carbons (Fsp3) is 0.425. The molecule has 29 heteroatoms. The van der Waals surface area contributed by atoms with E-state index in [2.05, 4.69) is 46.5 Å². The average molecular weight is 1440 g/mol. The van der Waals surface area contributed by atoms with E-state index in [4.69, 9.17) is 44.8 Å². The molecule has 5 aromatic carbocycles. The van der Waals surface area contributed by atoms with Crippen molar-refractivity contribution in [1.82, 2.24) is 34.7 Å². The van der Waals surface area contributed by atoms with Crippen LogP contribution in [-0.4, -0.2) is 199 Å². The third kappa shape index (κ3) is 18.7. The Balaban J connectivity index is 0.572. The first-order valence-electron chi connectivity index (χ1n) is 34.6. The summed E-state index contributed by atoms with van der Waals surface area (Å²) in [6.07, 6.45) is 7.21. The Labute approximate surface area is 595 Å². The lowest BCUT2D eigenvalue weighted by atomic mass is 9.96. The Kier molecular flexibility index (Phi) is 24.6. The number of carbonyl (C=O) groups is 5. The van der Waals surface area contributed by atoms with Crippen LogP contribution in [0.25, 0.3) is 22.2 Å². The van der Waals surface area contributed by atoms with Crippen molar-refractivity contribution in [2.45, 2.75) is 69.0 Å². The lowest BCUT2D eigenvalue weighted by Crippen LogP contribution is -2.52. The first-order chi connectivity index (χ1) is 49.6. The maximum atomic E-state index is 14.2. The molecule has 0 bridgehead atoms. The number of H-pyrrole nitrogens is 1. The van der Waals surface area contributed by atoms with Gasteiger partial charge in [0.2, 0.25) is 17.7 Å². The number of piperidine rings is 2. The number of nitro groups is 1. The Morgan fingerprint density at radius 3 is 2.21 bits per heavy atom. The molecular formula is C73H84ClN11O16S. The third-order valence-corrected chi connectivity index (χ3v) is 20.6. The molecule has 0 radical (unpaired) electrons. The predicted octanol–water partition coefficient (Wildman–Crippen LogP) is 8.81. The molecule has 2 aromatic heterocycles. The number of piperazine rings is 1. The van der Waals surface area contributed by atoms with Crippen molar-refractivity contribution < 1.29 is 70.5 Å².